The standard InChI is InChI=1S/C21H22ClN.C4H8O2/c1-3-6-15(7-4-2)20-19-12-11-18(22)14-17(19)10-9-16-8-5-13-23-21(16)20;1-3-6-4(2)5/h5,8-14H,3-4,6-7H2,1-2H3;3H2,1-2H3. The van der Waals surface area contributed by atoms with Crippen molar-refractivity contribution in [3.63, 3.8) is 0 Å². The minimum absolute atomic E-state index is 0.211. The van der Waals surface area contributed by atoms with Gasteiger partial charge in [-0.2, -0.15) is 0 Å². The molecule has 1 heterocycles. The average molecular weight is 412 g/mol. The summed E-state index contributed by atoms with van der Waals surface area (Å²) >= 11 is 6.23. The highest BCUT2D eigenvalue weighted by molar-refractivity contribution is 6.30. The van der Waals surface area contributed by atoms with Crippen molar-refractivity contribution in [1.29, 1.82) is 0 Å². The molecule has 154 valence electrons. The molecule has 1 aliphatic rings. The molecule has 4 heteroatoms. The van der Waals surface area contributed by atoms with Gasteiger partial charge in [-0.1, -0.05) is 68.1 Å². The number of hydrogen-bond acceptors (Lipinski definition) is 3. The maximum absolute atomic E-state index is 9.82. The summed E-state index contributed by atoms with van der Waals surface area (Å²) in [4.78, 5) is 14.5. The Morgan fingerprint density at radius 1 is 1.03 bits per heavy atom. The van der Waals surface area contributed by atoms with E-state index < -0.39 is 0 Å². The molecule has 3 nitrogen and oxygen atoms in total. The highest BCUT2D eigenvalue weighted by Gasteiger charge is 2.19. The zero-order chi connectivity index (χ0) is 21.2. The van der Waals surface area contributed by atoms with Crippen molar-refractivity contribution in [2.75, 3.05) is 6.61 Å². The fourth-order valence-electron chi connectivity index (χ4n) is 3.51. The molecule has 3 rings (SSSR count). The van der Waals surface area contributed by atoms with E-state index in [4.69, 9.17) is 16.6 Å². The van der Waals surface area contributed by atoms with Crippen LogP contribution in [0.2, 0.25) is 5.02 Å². The SMILES string of the molecule is CCCC(CCC)=C1c2ccc(Cl)cc2C=Cc2cccnc21.CCOC(C)=O. The smallest absolute Gasteiger partial charge is 0.302 e. The second-order valence-electron chi connectivity index (χ2n) is 6.91. The molecular weight excluding hydrogens is 382 g/mol. The van der Waals surface area contributed by atoms with Crippen molar-refractivity contribution < 1.29 is 9.53 Å². The molecule has 1 aliphatic carbocycles. The Labute approximate surface area is 179 Å². The maximum atomic E-state index is 9.82. The number of aromatic nitrogens is 1. The first-order chi connectivity index (χ1) is 14.0. The van der Waals surface area contributed by atoms with Crippen LogP contribution in [0, 0.1) is 0 Å². The summed E-state index contributed by atoms with van der Waals surface area (Å²) in [5.74, 6) is -0.211. The van der Waals surface area contributed by atoms with Gasteiger partial charge >= 0.3 is 5.97 Å². The summed E-state index contributed by atoms with van der Waals surface area (Å²) in [7, 11) is 0. The topological polar surface area (TPSA) is 39.2 Å². The number of fused-ring (bicyclic) bond motifs is 2. The van der Waals surface area contributed by atoms with Crippen LogP contribution < -0.4 is 0 Å². The van der Waals surface area contributed by atoms with Gasteiger partial charge in [0.25, 0.3) is 0 Å². The number of carbonyl (C=O) groups is 1. The zero-order valence-electron chi connectivity index (χ0n) is 17.8. The first kappa shape index (κ1) is 22.9. The molecule has 29 heavy (non-hydrogen) atoms. The Morgan fingerprint density at radius 3 is 2.31 bits per heavy atom. The molecule has 0 aliphatic heterocycles. The van der Waals surface area contributed by atoms with E-state index in [0.29, 0.717) is 6.61 Å². The minimum atomic E-state index is -0.211. The summed E-state index contributed by atoms with van der Waals surface area (Å²) in [6.07, 6.45) is 10.7. The van der Waals surface area contributed by atoms with Crippen molar-refractivity contribution in [3.05, 3.63) is 69.5 Å². The first-order valence-electron chi connectivity index (χ1n) is 10.3. The van der Waals surface area contributed by atoms with E-state index in [2.05, 4.69) is 48.9 Å². The molecule has 0 saturated carbocycles. The number of pyridine rings is 1. The maximum Gasteiger partial charge on any atom is 0.302 e. The van der Waals surface area contributed by atoms with Crippen molar-refractivity contribution in [1.82, 2.24) is 4.98 Å². The van der Waals surface area contributed by atoms with Gasteiger partial charge in [0, 0.05) is 29.3 Å². The van der Waals surface area contributed by atoms with E-state index in [-0.39, 0.29) is 5.97 Å². The van der Waals surface area contributed by atoms with Gasteiger partial charge in [0.2, 0.25) is 0 Å². The largest absolute Gasteiger partial charge is 0.466 e. The molecule has 0 amide bonds. The Kier molecular flexibility index (Phi) is 9.14. The predicted octanol–water partition coefficient (Wildman–Crippen LogP) is 7.19. The molecule has 0 spiro atoms. The lowest BCUT2D eigenvalue weighted by Gasteiger charge is -2.17. The van der Waals surface area contributed by atoms with Crippen LogP contribution in [0.1, 0.15) is 75.8 Å². The number of esters is 1. The number of ether oxygens (including phenoxy) is 1. The van der Waals surface area contributed by atoms with Crippen LogP contribution >= 0.6 is 11.6 Å². The van der Waals surface area contributed by atoms with Gasteiger partial charge in [0.15, 0.2) is 0 Å². The van der Waals surface area contributed by atoms with E-state index >= 15 is 0 Å². The van der Waals surface area contributed by atoms with Crippen LogP contribution in [-0.4, -0.2) is 17.6 Å². The lowest BCUT2D eigenvalue weighted by molar-refractivity contribution is -0.140. The Bertz CT molecular complexity index is 891. The van der Waals surface area contributed by atoms with Crippen molar-refractivity contribution in [3.8, 4) is 0 Å². The lowest BCUT2D eigenvalue weighted by Crippen LogP contribution is -2.00. The van der Waals surface area contributed by atoms with Crippen molar-refractivity contribution in [2.24, 2.45) is 0 Å². The zero-order valence-corrected chi connectivity index (χ0v) is 18.6. The molecular formula is C25H30ClNO2. The average Bonchev–Trinajstić information content (AvgIpc) is 2.85. The van der Waals surface area contributed by atoms with Gasteiger partial charge in [0.05, 0.1) is 12.3 Å². The summed E-state index contributed by atoms with van der Waals surface area (Å²) in [5.41, 5.74) is 7.51. The van der Waals surface area contributed by atoms with Gasteiger partial charge in [0.1, 0.15) is 0 Å². The van der Waals surface area contributed by atoms with Gasteiger partial charge in [-0.3, -0.25) is 9.78 Å². The van der Waals surface area contributed by atoms with Crippen LogP contribution in [0.25, 0.3) is 17.7 Å². The quantitative estimate of drug-likeness (QED) is 0.417. The third-order valence-electron chi connectivity index (χ3n) is 4.61. The Morgan fingerprint density at radius 2 is 1.72 bits per heavy atom. The van der Waals surface area contributed by atoms with E-state index in [0.717, 1.165) is 36.4 Å². The monoisotopic (exact) mass is 411 g/mol. The summed E-state index contributed by atoms with van der Waals surface area (Å²) < 4.78 is 4.40. The van der Waals surface area contributed by atoms with Gasteiger partial charge in [-0.25, -0.2) is 0 Å². The molecule has 1 aromatic carbocycles. The molecule has 0 N–H and O–H groups in total. The normalized spacial score (nSPS) is 11.6. The summed E-state index contributed by atoms with van der Waals surface area (Å²) in [5, 5.41) is 0.777. The molecule has 0 bridgehead atoms. The fraction of sp³-hybridized carbons (Fsp3) is 0.360. The molecule has 0 fully saturated rings. The van der Waals surface area contributed by atoms with E-state index in [1.807, 2.05) is 18.3 Å². The van der Waals surface area contributed by atoms with Crippen molar-refractivity contribution >= 4 is 35.3 Å². The number of rotatable bonds is 5. The Balaban J connectivity index is 0.000000438. The molecule has 0 atom stereocenters. The fourth-order valence-corrected chi connectivity index (χ4v) is 3.69. The highest BCUT2D eigenvalue weighted by Crippen LogP contribution is 2.38. The van der Waals surface area contributed by atoms with E-state index in [1.165, 1.54) is 34.8 Å². The number of halogens is 1. The number of benzene rings is 1. The lowest BCUT2D eigenvalue weighted by atomic mass is 9.89. The number of carbonyl (C=O) groups excluding carboxylic acids is 1. The van der Waals surface area contributed by atoms with Gasteiger partial charge in [-0.15, -0.1) is 0 Å². The van der Waals surface area contributed by atoms with Crippen LogP contribution in [0.5, 0.6) is 0 Å². The van der Waals surface area contributed by atoms with Gasteiger partial charge < -0.3 is 4.74 Å². The number of allylic oxidation sites excluding steroid dienone is 1. The minimum Gasteiger partial charge on any atom is -0.466 e. The summed E-state index contributed by atoms with van der Waals surface area (Å²) in [6, 6.07) is 10.3. The van der Waals surface area contributed by atoms with E-state index in [1.54, 1.807) is 6.92 Å². The van der Waals surface area contributed by atoms with Crippen LogP contribution in [0.15, 0.2) is 42.1 Å². The second-order valence-corrected chi connectivity index (χ2v) is 7.35. The molecule has 1 aromatic heterocycles. The Hall–Kier alpha value is -2.39. The third kappa shape index (κ3) is 6.30. The van der Waals surface area contributed by atoms with E-state index in [9.17, 15) is 4.79 Å². The van der Waals surface area contributed by atoms with Crippen LogP contribution in [0.3, 0.4) is 0 Å². The van der Waals surface area contributed by atoms with Gasteiger partial charge in [-0.05, 0) is 49.1 Å². The number of nitrogens with zero attached hydrogens (tertiary/aromatic N) is 1. The third-order valence-corrected chi connectivity index (χ3v) is 4.84. The molecule has 0 saturated heterocycles. The second kappa shape index (κ2) is 11.6. The molecule has 2 aromatic rings. The molecule has 0 unspecified atom stereocenters. The molecule has 0 radical (unpaired) electrons. The summed E-state index contributed by atoms with van der Waals surface area (Å²) in [6.45, 7) is 8.14. The van der Waals surface area contributed by atoms with Crippen molar-refractivity contribution in [2.45, 2.75) is 53.4 Å². The van der Waals surface area contributed by atoms with Crippen LogP contribution in [-0.2, 0) is 9.53 Å². The highest BCUT2D eigenvalue weighted by atomic mass is 35.5. The first-order valence-corrected chi connectivity index (χ1v) is 10.7. The number of hydrogen-bond donors (Lipinski definition) is 0. The predicted molar refractivity (Wildman–Crippen MR) is 123 cm³/mol. The van der Waals surface area contributed by atoms with Crippen LogP contribution in [0.4, 0.5) is 0 Å².